The number of carbonyl (C=O) groups excluding carboxylic acids is 1. The molecule has 0 bridgehead atoms. The highest BCUT2D eigenvalue weighted by molar-refractivity contribution is 5.95. The summed E-state index contributed by atoms with van der Waals surface area (Å²) < 4.78 is 10.4. The average Bonchev–Trinajstić information content (AvgIpc) is 2.66. The molecule has 1 atom stereocenters. The fraction of sp³-hybridized carbons (Fsp3) is 0.350. The zero-order valence-corrected chi connectivity index (χ0v) is 14.6. The van der Waals surface area contributed by atoms with E-state index in [1.807, 2.05) is 42.5 Å². The molecule has 5 nitrogen and oxygen atoms in total. The molecule has 2 aromatic carbocycles. The smallest absolute Gasteiger partial charge is 0.227 e. The Hall–Kier alpha value is -2.53. The van der Waals surface area contributed by atoms with Gasteiger partial charge in [-0.15, -0.1) is 0 Å². The average molecular weight is 341 g/mol. The monoisotopic (exact) mass is 341 g/mol. The van der Waals surface area contributed by atoms with Gasteiger partial charge in [0.15, 0.2) is 0 Å². The van der Waals surface area contributed by atoms with Crippen LogP contribution >= 0.6 is 0 Å². The fourth-order valence-electron chi connectivity index (χ4n) is 3.17. The Labute approximate surface area is 147 Å². The minimum absolute atomic E-state index is 0.0566. The Morgan fingerprint density at radius 1 is 1.16 bits per heavy atom. The van der Waals surface area contributed by atoms with Crippen molar-refractivity contribution < 1.29 is 19.4 Å². The Kier molecular flexibility index (Phi) is 5.24. The predicted molar refractivity (Wildman–Crippen MR) is 96.2 cm³/mol. The van der Waals surface area contributed by atoms with Crippen molar-refractivity contribution in [3.8, 4) is 11.5 Å². The number of amides is 1. The maximum Gasteiger partial charge on any atom is 0.227 e. The van der Waals surface area contributed by atoms with Crippen LogP contribution in [0.1, 0.15) is 30.1 Å². The third-order valence-electron chi connectivity index (χ3n) is 4.57. The van der Waals surface area contributed by atoms with Crippen molar-refractivity contribution in [2.75, 3.05) is 25.7 Å². The molecule has 1 unspecified atom stereocenters. The highest BCUT2D eigenvalue weighted by Gasteiger charge is 2.27. The zero-order valence-electron chi connectivity index (χ0n) is 14.6. The number of anilines is 1. The van der Waals surface area contributed by atoms with E-state index in [-0.39, 0.29) is 5.91 Å². The molecule has 5 heteroatoms. The molecule has 1 heterocycles. The molecule has 0 saturated heterocycles. The van der Waals surface area contributed by atoms with Gasteiger partial charge in [0.05, 0.1) is 20.3 Å². The van der Waals surface area contributed by atoms with Crippen LogP contribution in [0.25, 0.3) is 0 Å². The first-order valence-electron chi connectivity index (χ1n) is 8.41. The lowest BCUT2D eigenvalue weighted by atomic mass is 9.97. The summed E-state index contributed by atoms with van der Waals surface area (Å²) in [5.41, 5.74) is 2.59. The largest absolute Gasteiger partial charge is 0.497 e. The number of fused-ring (bicyclic) bond motifs is 1. The van der Waals surface area contributed by atoms with Crippen molar-refractivity contribution in [2.24, 2.45) is 0 Å². The zero-order chi connectivity index (χ0) is 17.8. The van der Waals surface area contributed by atoms with Gasteiger partial charge in [0.2, 0.25) is 5.91 Å². The van der Waals surface area contributed by atoms with Crippen molar-refractivity contribution in [2.45, 2.75) is 25.4 Å². The first-order chi connectivity index (χ1) is 12.1. The van der Waals surface area contributed by atoms with Crippen molar-refractivity contribution in [1.29, 1.82) is 0 Å². The molecule has 25 heavy (non-hydrogen) atoms. The number of aryl methyl sites for hydroxylation is 1. The Balaban J connectivity index is 1.73. The van der Waals surface area contributed by atoms with Gasteiger partial charge in [0, 0.05) is 24.2 Å². The number of benzene rings is 2. The molecule has 0 spiro atoms. The normalized spacial score (nSPS) is 16.3. The summed E-state index contributed by atoms with van der Waals surface area (Å²) in [6.45, 7) is 0.525. The van der Waals surface area contributed by atoms with Gasteiger partial charge in [-0.3, -0.25) is 4.79 Å². The molecule has 132 valence electrons. The molecular weight excluding hydrogens is 318 g/mol. The molecule has 1 aliphatic heterocycles. The molecule has 3 rings (SSSR count). The highest BCUT2D eigenvalue weighted by atomic mass is 16.5. The van der Waals surface area contributed by atoms with Crippen molar-refractivity contribution in [3.05, 3.63) is 53.6 Å². The molecule has 0 saturated carbocycles. The second-order valence-electron chi connectivity index (χ2n) is 6.13. The topological polar surface area (TPSA) is 59.0 Å². The summed E-state index contributed by atoms with van der Waals surface area (Å²) >= 11 is 0. The minimum atomic E-state index is -0.562. The molecule has 2 aromatic rings. The van der Waals surface area contributed by atoms with Crippen LogP contribution in [0.15, 0.2) is 42.5 Å². The van der Waals surface area contributed by atoms with Crippen LogP contribution < -0.4 is 14.4 Å². The lowest BCUT2D eigenvalue weighted by molar-refractivity contribution is -0.118. The quantitative estimate of drug-likeness (QED) is 0.908. The van der Waals surface area contributed by atoms with Crippen LogP contribution in [0.3, 0.4) is 0 Å². The predicted octanol–water partition coefficient (Wildman–Crippen LogP) is 3.11. The Morgan fingerprint density at radius 3 is 2.68 bits per heavy atom. The van der Waals surface area contributed by atoms with Gasteiger partial charge in [-0.05, 0) is 48.7 Å². The lowest BCUT2D eigenvalue weighted by Crippen LogP contribution is -2.36. The summed E-state index contributed by atoms with van der Waals surface area (Å²) in [5.74, 6) is 1.54. The van der Waals surface area contributed by atoms with E-state index in [4.69, 9.17) is 9.47 Å². The Bertz CT molecular complexity index is 759. The van der Waals surface area contributed by atoms with E-state index in [1.54, 1.807) is 19.1 Å². The van der Waals surface area contributed by atoms with Crippen LogP contribution in [-0.2, 0) is 11.2 Å². The molecular formula is C20H23NO4. The highest BCUT2D eigenvalue weighted by Crippen LogP contribution is 2.36. The summed E-state index contributed by atoms with van der Waals surface area (Å²) in [6, 6.07) is 13.2. The molecule has 0 radical (unpaired) electrons. The number of ether oxygens (including phenoxy) is 2. The van der Waals surface area contributed by atoms with Crippen LogP contribution in [0.4, 0.5) is 5.69 Å². The van der Waals surface area contributed by atoms with Gasteiger partial charge < -0.3 is 19.5 Å². The van der Waals surface area contributed by atoms with E-state index < -0.39 is 6.10 Å². The van der Waals surface area contributed by atoms with Crippen LogP contribution in [0.5, 0.6) is 11.5 Å². The van der Waals surface area contributed by atoms with E-state index in [0.29, 0.717) is 31.6 Å². The van der Waals surface area contributed by atoms with Crippen LogP contribution in [-0.4, -0.2) is 31.8 Å². The number of hydrogen-bond donors (Lipinski definition) is 1. The fourth-order valence-corrected chi connectivity index (χ4v) is 3.17. The van der Waals surface area contributed by atoms with Crippen LogP contribution in [0.2, 0.25) is 0 Å². The number of hydrogen-bond acceptors (Lipinski definition) is 4. The molecule has 1 amide bonds. The number of nitrogens with zero attached hydrogens (tertiary/aromatic N) is 1. The lowest BCUT2D eigenvalue weighted by Gasteiger charge is -2.32. The maximum atomic E-state index is 12.7. The standard InChI is InChI=1S/C20H23NO4/c1-24-15-5-3-4-14(12-15)6-9-20(23)21-11-10-19(22)17-13-16(25-2)7-8-18(17)21/h3-5,7-8,12-13,19,22H,6,9-11H2,1-2H3. The first-order valence-corrected chi connectivity index (χ1v) is 8.41. The third-order valence-corrected chi connectivity index (χ3v) is 4.57. The van der Waals surface area contributed by atoms with Crippen molar-refractivity contribution in [1.82, 2.24) is 0 Å². The second kappa shape index (κ2) is 7.57. The SMILES string of the molecule is COc1cccc(CCC(=O)N2CCC(O)c3cc(OC)ccc32)c1. The van der Waals surface area contributed by atoms with E-state index >= 15 is 0 Å². The molecule has 0 fully saturated rings. The number of aliphatic hydroxyl groups excluding tert-OH is 1. The number of methoxy groups -OCH3 is 2. The maximum absolute atomic E-state index is 12.7. The first kappa shape index (κ1) is 17.3. The van der Waals surface area contributed by atoms with Gasteiger partial charge in [-0.25, -0.2) is 0 Å². The van der Waals surface area contributed by atoms with Crippen molar-refractivity contribution >= 4 is 11.6 Å². The van der Waals surface area contributed by atoms with E-state index in [1.165, 1.54) is 0 Å². The summed E-state index contributed by atoms with van der Waals surface area (Å²) in [6.07, 6.45) is 1.04. The number of carbonyl (C=O) groups is 1. The van der Waals surface area contributed by atoms with E-state index in [0.717, 1.165) is 22.6 Å². The van der Waals surface area contributed by atoms with E-state index in [9.17, 15) is 9.90 Å². The van der Waals surface area contributed by atoms with Crippen LogP contribution in [0, 0.1) is 0 Å². The number of aliphatic hydroxyl groups is 1. The van der Waals surface area contributed by atoms with Gasteiger partial charge >= 0.3 is 0 Å². The van der Waals surface area contributed by atoms with Gasteiger partial charge in [-0.2, -0.15) is 0 Å². The van der Waals surface area contributed by atoms with Gasteiger partial charge in [0.25, 0.3) is 0 Å². The van der Waals surface area contributed by atoms with Gasteiger partial charge in [-0.1, -0.05) is 12.1 Å². The van der Waals surface area contributed by atoms with E-state index in [2.05, 4.69) is 0 Å². The summed E-state index contributed by atoms with van der Waals surface area (Å²) in [5, 5.41) is 10.2. The summed E-state index contributed by atoms with van der Waals surface area (Å²) in [7, 11) is 3.22. The number of rotatable bonds is 5. The van der Waals surface area contributed by atoms with Gasteiger partial charge in [0.1, 0.15) is 11.5 Å². The molecule has 0 aliphatic carbocycles. The van der Waals surface area contributed by atoms with Crippen molar-refractivity contribution in [3.63, 3.8) is 0 Å². The third kappa shape index (κ3) is 3.77. The second-order valence-corrected chi connectivity index (χ2v) is 6.13. The molecule has 1 aliphatic rings. The minimum Gasteiger partial charge on any atom is -0.497 e. The molecule has 1 N–H and O–H groups in total. The Morgan fingerprint density at radius 2 is 1.92 bits per heavy atom. The summed E-state index contributed by atoms with van der Waals surface area (Å²) in [4.78, 5) is 14.5. The molecule has 0 aromatic heterocycles.